The zero-order valence-corrected chi connectivity index (χ0v) is 10.7. The predicted octanol–water partition coefficient (Wildman–Crippen LogP) is 1.98. The van der Waals surface area contributed by atoms with Crippen molar-refractivity contribution in [1.29, 1.82) is 0 Å². The summed E-state index contributed by atoms with van der Waals surface area (Å²) < 4.78 is 37.3. The lowest BCUT2D eigenvalue weighted by Crippen LogP contribution is -2.52. The first-order valence-electron chi connectivity index (χ1n) is 6.22. The fourth-order valence-electron chi connectivity index (χ4n) is 2.06. The van der Waals surface area contributed by atoms with E-state index in [1.54, 1.807) is 0 Å². The molecule has 0 spiro atoms. The second kappa shape index (κ2) is 5.70. The third-order valence-electron chi connectivity index (χ3n) is 3.24. The van der Waals surface area contributed by atoms with Crippen LogP contribution in [0.5, 0.6) is 0 Å². The van der Waals surface area contributed by atoms with E-state index in [1.807, 2.05) is 0 Å². The molecule has 1 unspecified atom stereocenters. The van der Waals surface area contributed by atoms with Crippen LogP contribution in [0.15, 0.2) is 24.3 Å². The van der Waals surface area contributed by atoms with Crippen LogP contribution < -0.4 is 5.32 Å². The van der Waals surface area contributed by atoms with E-state index in [-0.39, 0.29) is 25.2 Å². The number of hydrogen-bond donors (Lipinski definition) is 2. The fraction of sp³-hybridized carbons (Fsp3) is 0.462. The van der Waals surface area contributed by atoms with Crippen LogP contribution in [-0.2, 0) is 12.7 Å². The molecule has 1 aliphatic heterocycles. The largest absolute Gasteiger partial charge is 0.416 e. The number of aliphatic hydroxyl groups is 1. The minimum absolute atomic E-state index is 0.111. The molecule has 1 atom stereocenters. The van der Waals surface area contributed by atoms with Gasteiger partial charge in [-0.05, 0) is 24.1 Å². The Hall–Kier alpha value is -1.76. The van der Waals surface area contributed by atoms with E-state index in [4.69, 9.17) is 5.11 Å². The number of benzene rings is 1. The normalized spacial score (nSPS) is 19.9. The zero-order chi connectivity index (χ0) is 14.8. The molecule has 0 aromatic heterocycles. The Morgan fingerprint density at radius 3 is 2.45 bits per heavy atom. The van der Waals surface area contributed by atoms with Gasteiger partial charge in [0.05, 0.1) is 18.2 Å². The molecule has 1 aromatic carbocycles. The van der Waals surface area contributed by atoms with Crippen molar-refractivity contribution in [1.82, 2.24) is 10.2 Å². The maximum atomic E-state index is 12.4. The van der Waals surface area contributed by atoms with Crippen LogP contribution in [-0.4, -0.2) is 35.2 Å². The number of amides is 2. The highest BCUT2D eigenvalue weighted by molar-refractivity contribution is 5.75. The summed E-state index contributed by atoms with van der Waals surface area (Å²) >= 11 is 0. The number of carbonyl (C=O) groups is 1. The molecule has 1 heterocycles. The zero-order valence-electron chi connectivity index (χ0n) is 10.7. The second-order valence-corrected chi connectivity index (χ2v) is 4.73. The van der Waals surface area contributed by atoms with E-state index in [2.05, 4.69) is 5.32 Å². The molecule has 20 heavy (non-hydrogen) atoms. The Balaban J connectivity index is 1.99. The molecule has 1 aliphatic rings. The quantitative estimate of drug-likeness (QED) is 0.893. The van der Waals surface area contributed by atoms with Gasteiger partial charge in [0, 0.05) is 13.1 Å². The summed E-state index contributed by atoms with van der Waals surface area (Å²) in [5, 5.41) is 11.6. The first kappa shape index (κ1) is 14.6. The summed E-state index contributed by atoms with van der Waals surface area (Å²) in [6.07, 6.45) is -3.74. The number of urea groups is 1. The van der Waals surface area contributed by atoms with Crippen molar-refractivity contribution in [3.8, 4) is 0 Å². The average molecular weight is 288 g/mol. The molecule has 4 nitrogen and oxygen atoms in total. The van der Waals surface area contributed by atoms with Crippen LogP contribution in [0.25, 0.3) is 0 Å². The Kier molecular flexibility index (Phi) is 4.17. The van der Waals surface area contributed by atoms with Gasteiger partial charge in [-0.3, -0.25) is 0 Å². The van der Waals surface area contributed by atoms with Gasteiger partial charge in [0.25, 0.3) is 0 Å². The van der Waals surface area contributed by atoms with E-state index in [0.717, 1.165) is 12.1 Å². The first-order valence-corrected chi connectivity index (χ1v) is 6.22. The van der Waals surface area contributed by atoms with Crippen molar-refractivity contribution in [2.75, 3.05) is 13.2 Å². The monoisotopic (exact) mass is 288 g/mol. The topological polar surface area (TPSA) is 52.6 Å². The van der Waals surface area contributed by atoms with Crippen LogP contribution in [0.2, 0.25) is 0 Å². The predicted molar refractivity (Wildman–Crippen MR) is 65.9 cm³/mol. The summed E-state index contributed by atoms with van der Waals surface area (Å²) in [7, 11) is 0. The average Bonchev–Trinajstić information content (AvgIpc) is 2.40. The van der Waals surface area contributed by atoms with Gasteiger partial charge in [-0.1, -0.05) is 12.1 Å². The third-order valence-corrected chi connectivity index (χ3v) is 3.24. The molecule has 0 radical (unpaired) electrons. The lowest BCUT2D eigenvalue weighted by molar-refractivity contribution is -0.137. The Morgan fingerprint density at radius 2 is 1.95 bits per heavy atom. The van der Waals surface area contributed by atoms with E-state index in [0.29, 0.717) is 18.5 Å². The van der Waals surface area contributed by atoms with Crippen molar-refractivity contribution in [2.24, 2.45) is 0 Å². The van der Waals surface area contributed by atoms with Gasteiger partial charge in [-0.25, -0.2) is 4.79 Å². The number of hydrogen-bond acceptors (Lipinski definition) is 2. The molecule has 110 valence electrons. The van der Waals surface area contributed by atoms with Gasteiger partial charge < -0.3 is 15.3 Å². The second-order valence-electron chi connectivity index (χ2n) is 4.73. The number of rotatable bonds is 3. The minimum Gasteiger partial charge on any atom is -0.394 e. The standard InChI is InChI=1S/C13H15F3N2O2/c14-13(15,16)10-3-1-9(2-4-10)7-18-6-5-11(8-19)17-12(18)20/h1-4,11,19H,5-8H2,(H,17,20). The van der Waals surface area contributed by atoms with Gasteiger partial charge in [-0.2, -0.15) is 13.2 Å². The SMILES string of the molecule is O=C1NC(CO)CCN1Cc1ccc(C(F)(F)F)cc1. The van der Waals surface area contributed by atoms with Crippen molar-refractivity contribution in [3.63, 3.8) is 0 Å². The number of carbonyl (C=O) groups excluding carboxylic acids is 1. The third kappa shape index (κ3) is 3.41. The summed E-state index contributed by atoms with van der Waals surface area (Å²) in [6, 6.07) is 4.20. The maximum Gasteiger partial charge on any atom is 0.416 e. The number of aliphatic hydroxyl groups excluding tert-OH is 1. The molecular formula is C13H15F3N2O2. The number of alkyl halides is 3. The lowest BCUT2D eigenvalue weighted by atomic mass is 10.1. The molecule has 2 N–H and O–H groups in total. The molecule has 2 amide bonds. The molecule has 1 fully saturated rings. The molecule has 0 aliphatic carbocycles. The summed E-state index contributed by atoms with van der Waals surface area (Å²) in [5.41, 5.74) is -0.0692. The van der Waals surface area contributed by atoms with Crippen LogP contribution in [0.3, 0.4) is 0 Å². The Morgan fingerprint density at radius 1 is 1.30 bits per heavy atom. The van der Waals surface area contributed by atoms with Crippen LogP contribution in [0, 0.1) is 0 Å². The lowest BCUT2D eigenvalue weighted by Gasteiger charge is -2.32. The van der Waals surface area contributed by atoms with Crippen LogP contribution in [0.1, 0.15) is 17.5 Å². The molecule has 0 saturated carbocycles. The van der Waals surface area contributed by atoms with Crippen LogP contribution in [0.4, 0.5) is 18.0 Å². The fourth-order valence-corrected chi connectivity index (χ4v) is 2.06. The summed E-state index contributed by atoms with van der Waals surface area (Å²) in [6.45, 7) is 0.611. The highest BCUT2D eigenvalue weighted by Crippen LogP contribution is 2.29. The maximum absolute atomic E-state index is 12.4. The number of nitrogens with one attached hydrogen (secondary N) is 1. The highest BCUT2D eigenvalue weighted by atomic mass is 19.4. The molecule has 7 heteroatoms. The van der Waals surface area contributed by atoms with Gasteiger partial charge in [0.15, 0.2) is 0 Å². The van der Waals surface area contributed by atoms with E-state index in [1.165, 1.54) is 17.0 Å². The molecule has 1 saturated heterocycles. The number of nitrogens with zero attached hydrogens (tertiary/aromatic N) is 1. The van der Waals surface area contributed by atoms with Crippen molar-refractivity contribution < 1.29 is 23.1 Å². The van der Waals surface area contributed by atoms with Crippen molar-refractivity contribution in [2.45, 2.75) is 25.2 Å². The Bertz CT molecular complexity index is 473. The smallest absolute Gasteiger partial charge is 0.394 e. The van der Waals surface area contributed by atoms with E-state index in [9.17, 15) is 18.0 Å². The van der Waals surface area contributed by atoms with E-state index < -0.39 is 11.7 Å². The minimum atomic E-state index is -4.35. The van der Waals surface area contributed by atoms with E-state index >= 15 is 0 Å². The summed E-state index contributed by atoms with van der Waals surface area (Å²) in [4.78, 5) is 13.2. The van der Waals surface area contributed by atoms with Crippen molar-refractivity contribution in [3.05, 3.63) is 35.4 Å². The number of halogens is 3. The molecular weight excluding hydrogens is 273 g/mol. The first-order chi connectivity index (χ1) is 9.40. The van der Waals surface area contributed by atoms with Gasteiger partial charge in [-0.15, -0.1) is 0 Å². The molecule has 0 bridgehead atoms. The highest BCUT2D eigenvalue weighted by Gasteiger charge is 2.30. The molecule has 2 rings (SSSR count). The van der Waals surface area contributed by atoms with Gasteiger partial charge in [0.2, 0.25) is 0 Å². The molecule has 1 aromatic rings. The van der Waals surface area contributed by atoms with Gasteiger partial charge in [0.1, 0.15) is 0 Å². The Labute approximate surface area is 114 Å². The van der Waals surface area contributed by atoms with Gasteiger partial charge >= 0.3 is 12.2 Å². The summed E-state index contributed by atoms with van der Waals surface area (Å²) in [5.74, 6) is 0. The van der Waals surface area contributed by atoms with Crippen LogP contribution >= 0.6 is 0 Å². The van der Waals surface area contributed by atoms with Crippen molar-refractivity contribution >= 4 is 6.03 Å².